The van der Waals surface area contributed by atoms with Gasteiger partial charge in [0.15, 0.2) is 0 Å². The molecule has 0 saturated heterocycles. The second-order valence-electron chi connectivity index (χ2n) is 13.0. The highest BCUT2D eigenvalue weighted by atomic mass is 16.5. The van der Waals surface area contributed by atoms with Crippen LogP contribution in [0.1, 0.15) is 168 Å². The molecule has 5 nitrogen and oxygen atoms in total. The first kappa shape index (κ1) is 43.1. The highest BCUT2D eigenvalue weighted by Gasteiger charge is 2.14. The molecule has 262 valence electrons. The number of nitrogens with zero attached hydrogens (tertiary/aromatic N) is 2. The lowest BCUT2D eigenvalue weighted by Gasteiger charge is -2.23. The first-order valence-corrected chi connectivity index (χ1v) is 19.0. The minimum Gasteiger partial charge on any atom is -0.464 e. The molecule has 0 aliphatic carbocycles. The number of hydrogen-bond donors (Lipinski definition) is 0. The molecule has 0 atom stereocenters. The van der Waals surface area contributed by atoms with Crippen molar-refractivity contribution in [2.75, 3.05) is 40.3 Å². The van der Waals surface area contributed by atoms with Crippen LogP contribution in [-0.4, -0.2) is 62.0 Å². The molecule has 0 rings (SSSR count). The van der Waals surface area contributed by atoms with Crippen LogP contribution in [0.15, 0.2) is 36.5 Å². The van der Waals surface area contributed by atoms with E-state index in [0.29, 0.717) is 26.0 Å². The number of allylic oxidation sites excluding steroid dienone is 6. The lowest BCUT2D eigenvalue weighted by atomic mass is 10.1. The summed E-state index contributed by atoms with van der Waals surface area (Å²) in [5, 5.41) is 0. The van der Waals surface area contributed by atoms with Crippen molar-refractivity contribution in [3.8, 4) is 0 Å². The van der Waals surface area contributed by atoms with Crippen molar-refractivity contribution in [1.29, 1.82) is 0 Å². The van der Waals surface area contributed by atoms with Gasteiger partial charge in [0, 0.05) is 19.4 Å². The Bertz CT molecular complexity index is 744. The Morgan fingerprint density at radius 3 is 1.51 bits per heavy atom. The number of unbranched alkanes of at least 4 members (excludes halogenated alkanes) is 16. The fourth-order valence-corrected chi connectivity index (χ4v) is 5.34. The second-order valence-corrected chi connectivity index (χ2v) is 13.0. The molecule has 0 bridgehead atoms. The van der Waals surface area contributed by atoms with Crippen LogP contribution in [0.2, 0.25) is 0 Å². The van der Waals surface area contributed by atoms with Crippen molar-refractivity contribution >= 4 is 11.9 Å². The Morgan fingerprint density at radius 1 is 0.511 bits per heavy atom. The Labute approximate surface area is 280 Å². The number of rotatable bonds is 33. The predicted molar refractivity (Wildman–Crippen MR) is 196 cm³/mol. The normalized spacial score (nSPS) is 11.9. The van der Waals surface area contributed by atoms with Crippen molar-refractivity contribution in [1.82, 2.24) is 9.80 Å². The molecule has 0 radical (unpaired) electrons. The third-order valence-corrected chi connectivity index (χ3v) is 8.24. The van der Waals surface area contributed by atoms with Gasteiger partial charge in [-0.25, -0.2) is 0 Å². The quantitative estimate of drug-likeness (QED) is 0.0411. The average Bonchev–Trinajstić information content (AvgIpc) is 3.02. The maximum absolute atomic E-state index is 13.0. The van der Waals surface area contributed by atoms with Gasteiger partial charge in [0.2, 0.25) is 5.91 Å². The van der Waals surface area contributed by atoms with E-state index in [4.69, 9.17) is 4.74 Å². The van der Waals surface area contributed by atoms with Crippen molar-refractivity contribution in [3.05, 3.63) is 36.5 Å². The van der Waals surface area contributed by atoms with Crippen LogP contribution < -0.4 is 0 Å². The molecule has 1 amide bonds. The predicted octanol–water partition coefficient (Wildman–Crippen LogP) is 11.0. The molecule has 0 spiro atoms. The van der Waals surface area contributed by atoms with E-state index in [0.717, 1.165) is 58.0 Å². The zero-order chi connectivity index (χ0) is 33.1. The molecule has 0 unspecified atom stereocenters. The fourth-order valence-electron chi connectivity index (χ4n) is 5.34. The summed E-state index contributed by atoms with van der Waals surface area (Å²) in [7, 11) is 4.12. The summed E-state index contributed by atoms with van der Waals surface area (Å²) >= 11 is 0. The van der Waals surface area contributed by atoms with Gasteiger partial charge >= 0.3 is 5.97 Å². The van der Waals surface area contributed by atoms with E-state index < -0.39 is 0 Å². The molecule has 45 heavy (non-hydrogen) atoms. The minimum atomic E-state index is -0.128. The standard InChI is InChI=1S/C40H74N2O3/c1-5-7-9-11-13-15-17-19-20-21-23-25-27-29-31-34-40(44)45-38-37-42(36-32-35-41(3)4)39(43)33-30-28-26-24-22-18-16-14-12-10-8-6-2/h13-16,19-20H,5-12,17-18,21-38H2,1-4H3/b15-13-,16-14-,20-19-. The second kappa shape index (κ2) is 35.0. The first-order chi connectivity index (χ1) is 22.0. The van der Waals surface area contributed by atoms with E-state index in [1.54, 1.807) is 0 Å². The molecule has 0 aromatic heterocycles. The van der Waals surface area contributed by atoms with Gasteiger partial charge in [-0.05, 0) is 97.7 Å². The summed E-state index contributed by atoms with van der Waals surface area (Å²) in [6.45, 7) is 6.98. The number of esters is 1. The van der Waals surface area contributed by atoms with Gasteiger partial charge in [0.25, 0.3) is 0 Å². The number of carbonyl (C=O) groups excluding carboxylic acids is 2. The van der Waals surface area contributed by atoms with E-state index in [2.05, 4.69) is 69.3 Å². The summed E-state index contributed by atoms with van der Waals surface area (Å²) in [5.41, 5.74) is 0. The Kier molecular flexibility index (Phi) is 33.5. The van der Waals surface area contributed by atoms with Crippen molar-refractivity contribution in [2.45, 2.75) is 168 Å². The molecule has 0 aliphatic heterocycles. The third-order valence-electron chi connectivity index (χ3n) is 8.24. The topological polar surface area (TPSA) is 49.9 Å². The molecular formula is C40H74N2O3. The summed E-state index contributed by atoms with van der Waals surface area (Å²) < 4.78 is 5.52. The molecule has 0 aromatic rings. The van der Waals surface area contributed by atoms with Gasteiger partial charge in [0.05, 0.1) is 6.54 Å². The molecule has 0 aliphatic rings. The largest absolute Gasteiger partial charge is 0.464 e. The van der Waals surface area contributed by atoms with E-state index in [9.17, 15) is 9.59 Å². The van der Waals surface area contributed by atoms with Gasteiger partial charge < -0.3 is 14.5 Å². The van der Waals surface area contributed by atoms with Crippen LogP contribution in [0, 0.1) is 0 Å². The average molecular weight is 631 g/mol. The van der Waals surface area contributed by atoms with Crippen LogP contribution in [0.4, 0.5) is 0 Å². The molecule has 0 N–H and O–H groups in total. The molecule has 0 heterocycles. The van der Waals surface area contributed by atoms with E-state index >= 15 is 0 Å². The summed E-state index contributed by atoms with van der Waals surface area (Å²) in [4.78, 5) is 29.3. The van der Waals surface area contributed by atoms with Gasteiger partial charge in [-0.1, -0.05) is 115 Å². The van der Waals surface area contributed by atoms with Crippen molar-refractivity contribution in [2.24, 2.45) is 0 Å². The zero-order valence-electron chi connectivity index (χ0n) is 30.4. The number of hydrogen-bond acceptors (Lipinski definition) is 4. The molecule has 0 aromatic carbocycles. The van der Waals surface area contributed by atoms with Crippen LogP contribution in [0.5, 0.6) is 0 Å². The van der Waals surface area contributed by atoms with Crippen molar-refractivity contribution < 1.29 is 14.3 Å². The van der Waals surface area contributed by atoms with E-state index in [1.807, 2.05) is 4.90 Å². The van der Waals surface area contributed by atoms with Gasteiger partial charge in [0.1, 0.15) is 6.61 Å². The molecule has 5 heteroatoms. The molecule has 0 saturated carbocycles. The Balaban J connectivity index is 3.98. The highest BCUT2D eigenvalue weighted by Crippen LogP contribution is 2.11. The van der Waals surface area contributed by atoms with Crippen LogP contribution >= 0.6 is 0 Å². The first-order valence-electron chi connectivity index (χ1n) is 19.0. The summed E-state index contributed by atoms with van der Waals surface area (Å²) in [6.07, 6.45) is 40.8. The smallest absolute Gasteiger partial charge is 0.305 e. The van der Waals surface area contributed by atoms with Crippen molar-refractivity contribution in [3.63, 3.8) is 0 Å². The SMILES string of the molecule is CCCCC/C=C\C/C=C\CCCCCCCC(=O)OCCN(CCCN(C)C)C(=O)CCCCCCC/C=C\CCCCC. The van der Waals surface area contributed by atoms with E-state index in [-0.39, 0.29) is 11.9 Å². The fraction of sp³-hybridized carbons (Fsp3) is 0.800. The number of carbonyl (C=O) groups is 2. The highest BCUT2D eigenvalue weighted by molar-refractivity contribution is 5.76. The van der Waals surface area contributed by atoms with Crippen LogP contribution in [0.3, 0.4) is 0 Å². The molecule has 0 fully saturated rings. The zero-order valence-corrected chi connectivity index (χ0v) is 30.4. The summed E-state index contributed by atoms with van der Waals surface area (Å²) in [6, 6.07) is 0. The van der Waals surface area contributed by atoms with Gasteiger partial charge in [-0.15, -0.1) is 0 Å². The maximum atomic E-state index is 13.0. The maximum Gasteiger partial charge on any atom is 0.305 e. The Hall–Kier alpha value is -1.88. The monoisotopic (exact) mass is 631 g/mol. The molecular weight excluding hydrogens is 556 g/mol. The number of amides is 1. The number of ether oxygens (including phenoxy) is 1. The van der Waals surface area contributed by atoms with Crippen LogP contribution in [0.25, 0.3) is 0 Å². The lowest BCUT2D eigenvalue weighted by Crippen LogP contribution is -2.36. The van der Waals surface area contributed by atoms with Crippen LogP contribution in [-0.2, 0) is 14.3 Å². The Morgan fingerprint density at radius 2 is 0.978 bits per heavy atom. The summed E-state index contributed by atoms with van der Waals surface area (Å²) in [5.74, 6) is 0.0747. The lowest BCUT2D eigenvalue weighted by molar-refractivity contribution is -0.146. The van der Waals surface area contributed by atoms with E-state index in [1.165, 1.54) is 96.3 Å². The van der Waals surface area contributed by atoms with Gasteiger partial charge in [-0.2, -0.15) is 0 Å². The third kappa shape index (κ3) is 33.3. The minimum absolute atomic E-state index is 0.128. The van der Waals surface area contributed by atoms with Gasteiger partial charge in [-0.3, -0.25) is 9.59 Å².